The van der Waals surface area contributed by atoms with E-state index in [0.29, 0.717) is 37.4 Å². The van der Waals surface area contributed by atoms with E-state index in [9.17, 15) is 9.90 Å². The quantitative estimate of drug-likeness (QED) is 0.811. The number of aromatic nitrogens is 2. The van der Waals surface area contributed by atoms with Crippen molar-refractivity contribution in [2.24, 2.45) is 0 Å². The lowest BCUT2D eigenvalue weighted by atomic mass is 9.92. The minimum Gasteiger partial charge on any atom is -0.491 e. The Morgan fingerprint density at radius 2 is 2.04 bits per heavy atom. The number of piperidine rings is 1. The Labute approximate surface area is 145 Å². The molecule has 1 fully saturated rings. The number of nitrogens with zero attached hydrogens (tertiary/aromatic N) is 3. The summed E-state index contributed by atoms with van der Waals surface area (Å²) in [6.45, 7) is 3.44. The van der Waals surface area contributed by atoms with Crippen molar-refractivity contribution < 1.29 is 19.3 Å². The van der Waals surface area contributed by atoms with Crippen LogP contribution in [0.25, 0.3) is 0 Å². The third-order valence-electron chi connectivity index (χ3n) is 4.32. The van der Waals surface area contributed by atoms with E-state index in [1.165, 1.54) is 0 Å². The molecule has 1 saturated heterocycles. The number of ether oxygens (including phenoxy) is 1. The number of amides is 1. The van der Waals surface area contributed by atoms with E-state index >= 15 is 0 Å². The summed E-state index contributed by atoms with van der Waals surface area (Å²) in [5.41, 5.74) is -0.324. The van der Waals surface area contributed by atoms with Crippen molar-refractivity contribution in [3.05, 3.63) is 36.0 Å². The molecule has 0 radical (unpaired) electrons. The molecule has 1 aliphatic rings. The third-order valence-corrected chi connectivity index (χ3v) is 4.32. The van der Waals surface area contributed by atoms with E-state index in [2.05, 4.69) is 20.3 Å². The van der Waals surface area contributed by atoms with Gasteiger partial charge in [-0.15, -0.1) is 0 Å². The number of para-hydroxylation sites is 1. The molecule has 0 bridgehead atoms. The lowest BCUT2D eigenvalue weighted by Crippen LogP contribution is -2.49. The number of likely N-dealkylation sites (tertiary alicyclic amines) is 1. The molecule has 8 heteroatoms. The van der Waals surface area contributed by atoms with Gasteiger partial charge in [0.25, 0.3) is 0 Å². The van der Waals surface area contributed by atoms with Gasteiger partial charge in [0.2, 0.25) is 5.91 Å². The Morgan fingerprint density at radius 3 is 2.68 bits per heavy atom. The highest BCUT2D eigenvalue weighted by Gasteiger charge is 2.33. The number of hydrogen-bond acceptors (Lipinski definition) is 7. The maximum absolute atomic E-state index is 12.1. The normalized spacial score (nSPS) is 17.2. The minimum absolute atomic E-state index is 0.176. The Kier molecular flexibility index (Phi) is 5.30. The fourth-order valence-electron chi connectivity index (χ4n) is 2.73. The van der Waals surface area contributed by atoms with Crippen LogP contribution in [0.4, 0.5) is 5.82 Å². The van der Waals surface area contributed by atoms with Gasteiger partial charge >= 0.3 is 0 Å². The van der Waals surface area contributed by atoms with E-state index in [0.717, 1.165) is 5.75 Å². The number of anilines is 1. The second kappa shape index (κ2) is 7.62. The highest BCUT2D eigenvalue weighted by Crippen LogP contribution is 2.23. The van der Waals surface area contributed by atoms with Crippen LogP contribution in [0.15, 0.2) is 35.0 Å². The molecule has 8 nitrogen and oxygen atoms in total. The average Bonchev–Trinajstić information content (AvgIpc) is 3.01. The van der Waals surface area contributed by atoms with Crippen LogP contribution >= 0.6 is 0 Å². The van der Waals surface area contributed by atoms with Gasteiger partial charge in [0.1, 0.15) is 23.7 Å². The summed E-state index contributed by atoms with van der Waals surface area (Å²) in [6.07, 6.45) is 1.11. The molecule has 1 aliphatic heterocycles. The number of rotatable bonds is 6. The number of hydrogen-bond donors (Lipinski definition) is 2. The second-order valence-electron chi connectivity index (χ2n) is 6.35. The van der Waals surface area contributed by atoms with Gasteiger partial charge in [-0.3, -0.25) is 9.69 Å². The molecule has 0 atom stereocenters. The molecular formula is C17H22N4O4. The van der Waals surface area contributed by atoms with Crippen molar-refractivity contribution >= 4 is 11.7 Å². The Balaban J connectivity index is 1.43. The topological polar surface area (TPSA) is 101 Å². The van der Waals surface area contributed by atoms with Gasteiger partial charge in [-0.2, -0.15) is 0 Å². The first-order valence-electron chi connectivity index (χ1n) is 8.26. The molecule has 134 valence electrons. The van der Waals surface area contributed by atoms with E-state index in [4.69, 9.17) is 4.74 Å². The van der Waals surface area contributed by atoms with E-state index < -0.39 is 5.60 Å². The molecule has 2 N–H and O–H groups in total. The van der Waals surface area contributed by atoms with Crippen LogP contribution in [0.3, 0.4) is 0 Å². The summed E-state index contributed by atoms with van der Waals surface area (Å²) in [6, 6.07) is 9.44. The van der Waals surface area contributed by atoms with E-state index in [1.807, 2.05) is 35.2 Å². The molecule has 0 saturated carbocycles. The minimum atomic E-state index is -0.866. The van der Waals surface area contributed by atoms with Gasteiger partial charge in [-0.1, -0.05) is 23.4 Å². The van der Waals surface area contributed by atoms with Crippen LogP contribution in [0, 0.1) is 6.92 Å². The zero-order valence-electron chi connectivity index (χ0n) is 14.1. The van der Waals surface area contributed by atoms with Crippen LogP contribution in [-0.4, -0.2) is 58.1 Å². The molecule has 0 spiro atoms. The highest BCUT2D eigenvalue weighted by atomic mass is 16.6. The van der Waals surface area contributed by atoms with Gasteiger partial charge in [0.15, 0.2) is 5.82 Å². The summed E-state index contributed by atoms with van der Waals surface area (Å²) in [4.78, 5) is 14.0. The summed E-state index contributed by atoms with van der Waals surface area (Å²) < 4.78 is 10.2. The number of benzene rings is 1. The van der Waals surface area contributed by atoms with Crippen molar-refractivity contribution in [1.82, 2.24) is 15.2 Å². The van der Waals surface area contributed by atoms with Crippen molar-refractivity contribution in [3.63, 3.8) is 0 Å². The van der Waals surface area contributed by atoms with E-state index in [-0.39, 0.29) is 19.1 Å². The molecule has 2 heterocycles. The van der Waals surface area contributed by atoms with Gasteiger partial charge in [0.05, 0.1) is 6.54 Å². The monoisotopic (exact) mass is 346 g/mol. The van der Waals surface area contributed by atoms with Crippen molar-refractivity contribution in [3.8, 4) is 5.75 Å². The standard InChI is InChI=1S/C17H22N4O4/c1-13-16(20-25-19-13)18-15(22)11-21-9-7-17(23,8-10-21)12-24-14-5-3-2-4-6-14/h2-6,23H,7-12H2,1H3,(H,18,20,22). The summed E-state index contributed by atoms with van der Waals surface area (Å²) >= 11 is 0. The lowest BCUT2D eigenvalue weighted by molar-refractivity contribution is -0.119. The van der Waals surface area contributed by atoms with E-state index in [1.54, 1.807) is 6.92 Å². The molecule has 2 aromatic rings. The lowest BCUT2D eigenvalue weighted by Gasteiger charge is -2.37. The third kappa shape index (κ3) is 4.77. The molecule has 1 aromatic carbocycles. The van der Waals surface area contributed by atoms with Crippen LogP contribution in [0.1, 0.15) is 18.5 Å². The Bertz CT molecular complexity index is 696. The first-order valence-corrected chi connectivity index (χ1v) is 8.26. The first kappa shape index (κ1) is 17.4. The number of carbonyl (C=O) groups excluding carboxylic acids is 1. The molecule has 1 amide bonds. The molecule has 0 aliphatic carbocycles. The largest absolute Gasteiger partial charge is 0.491 e. The van der Waals surface area contributed by atoms with Crippen LogP contribution in [0.5, 0.6) is 5.75 Å². The van der Waals surface area contributed by atoms with Crippen LogP contribution in [-0.2, 0) is 4.79 Å². The Morgan fingerprint density at radius 1 is 1.32 bits per heavy atom. The molecule has 0 unspecified atom stereocenters. The first-order chi connectivity index (χ1) is 12.0. The highest BCUT2D eigenvalue weighted by molar-refractivity contribution is 5.91. The van der Waals surface area contributed by atoms with Crippen LogP contribution < -0.4 is 10.1 Å². The molecule has 1 aromatic heterocycles. The number of nitrogens with one attached hydrogen (secondary N) is 1. The zero-order chi connectivity index (χ0) is 17.7. The van der Waals surface area contributed by atoms with Gasteiger partial charge in [-0.25, -0.2) is 4.63 Å². The predicted molar refractivity (Wildman–Crippen MR) is 90.2 cm³/mol. The fourth-order valence-corrected chi connectivity index (χ4v) is 2.73. The fraction of sp³-hybridized carbons (Fsp3) is 0.471. The average molecular weight is 346 g/mol. The van der Waals surface area contributed by atoms with Gasteiger partial charge < -0.3 is 15.2 Å². The maximum Gasteiger partial charge on any atom is 0.239 e. The summed E-state index contributed by atoms with van der Waals surface area (Å²) in [5.74, 6) is 0.911. The smallest absolute Gasteiger partial charge is 0.239 e. The van der Waals surface area contributed by atoms with Gasteiger partial charge in [0, 0.05) is 13.1 Å². The number of aryl methyl sites for hydroxylation is 1. The Hall–Kier alpha value is -2.45. The summed E-state index contributed by atoms with van der Waals surface area (Å²) in [7, 11) is 0. The van der Waals surface area contributed by atoms with Crippen LogP contribution in [0.2, 0.25) is 0 Å². The van der Waals surface area contributed by atoms with Crippen molar-refractivity contribution in [1.29, 1.82) is 0 Å². The van der Waals surface area contributed by atoms with Crippen molar-refractivity contribution in [2.75, 3.05) is 31.6 Å². The predicted octanol–water partition coefficient (Wildman–Crippen LogP) is 1.22. The number of aliphatic hydroxyl groups is 1. The van der Waals surface area contributed by atoms with Crippen molar-refractivity contribution in [2.45, 2.75) is 25.4 Å². The molecular weight excluding hydrogens is 324 g/mol. The number of carbonyl (C=O) groups is 1. The maximum atomic E-state index is 12.1. The zero-order valence-corrected chi connectivity index (χ0v) is 14.1. The summed E-state index contributed by atoms with van der Waals surface area (Å²) in [5, 5.41) is 20.6. The van der Waals surface area contributed by atoms with Gasteiger partial charge in [-0.05, 0) is 37.1 Å². The molecule has 25 heavy (non-hydrogen) atoms. The molecule has 3 rings (SSSR count). The second-order valence-corrected chi connectivity index (χ2v) is 6.35. The SMILES string of the molecule is Cc1nonc1NC(=O)CN1CCC(O)(COc2ccccc2)CC1.